The highest BCUT2D eigenvalue weighted by Crippen LogP contribution is 2.30. The van der Waals surface area contributed by atoms with Gasteiger partial charge in [-0.05, 0) is 69.4 Å². The summed E-state index contributed by atoms with van der Waals surface area (Å²) in [5.41, 5.74) is 2.85. The molecule has 148 valence electrons. The molecule has 0 heterocycles. The van der Waals surface area contributed by atoms with Crippen molar-refractivity contribution >= 4 is 74.5 Å². The maximum Gasteiger partial charge on any atom is 0.511 e. The van der Waals surface area contributed by atoms with Crippen LogP contribution in [-0.2, 0) is 19.1 Å². The fourth-order valence-electron chi connectivity index (χ4n) is 2.17. The van der Waals surface area contributed by atoms with Crippen molar-refractivity contribution in [2.75, 3.05) is 10.6 Å². The van der Waals surface area contributed by atoms with Gasteiger partial charge in [0.15, 0.2) is 8.22 Å². The molecule has 2 rings (SSSR count). The van der Waals surface area contributed by atoms with Crippen molar-refractivity contribution < 1.29 is 23.9 Å². The van der Waals surface area contributed by atoms with Gasteiger partial charge in [0.2, 0.25) is 11.8 Å². The number of hydrogen-bond donors (Lipinski definition) is 2. The van der Waals surface area contributed by atoms with Crippen LogP contribution in [0.1, 0.15) is 33.2 Å². The van der Waals surface area contributed by atoms with Crippen molar-refractivity contribution in [3.8, 4) is 0 Å². The zero-order chi connectivity index (χ0) is 20.7. The Balaban J connectivity index is 1.89. The van der Waals surface area contributed by atoms with Gasteiger partial charge in [-0.1, -0.05) is 24.3 Å². The van der Waals surface area contributed by atoms with Crippen LogP contribution in [0.4, 0.5) is 16.2 Å². The quantitative estimate of drug-likeness (QED) is 0.263. The smallest absolute Gasteiger partial charge is 0.415 e. The van der Waals surface area contributed by atoms with Gasteiger partial charge in [-0.3, -0.25) is 9.59 Å². The summed E-state index contributed by atoms with van der Waals surface area (Å²) in [4.78, 5) is 34.2. The molecule has 0 aliphatic carbocycles. The fraction of sp³-hybridized carbons (Fsp3) is 0.211. The van der Waals surface area contributed by atoms with Crippen molar-refractivity contribution in [3.05, 3.63) is 59.7 Å². The number of carbonyl (C=O) groups excluding carboxylic acids is 3. The van der Waals surface area contributed by atoms with E-state index in [1.54, 1.807) is 48.5 Å². The maximum atomic E-state index is 12.1. The van der Waals surface area contributed by atoms with E-state index in [0.29, 0.717) is 11.4 Å². The molecular weight excluding hydrogens is 590 g/mol. The van der Waals surface area contributed by atoms with Crippen molar-refractivity contribution in [2.45, 2.75) is 22.1 Å². The monoisotopic (exact) mass is 608 g/mol. The molecule has 0 saturated heterocycles. The van der Waals surface area contributed by atoms with Crippen LogP contribution in [0.3, 0.4) is 0 Å². The van der Waals surface area contributed by atoms with Gasteiger partial charge in [0, 0.05) is 36.3 Å². The van der Waals surface area contributed by atoms with Gasteiger partial charge in [0.05, 0.1) is 0 Å². The lowest BCUT2D eigenvalue weighted by molar-refractivity contribution is -0.115. The molecule has 9 heteroatoms. The van der Waals surface area contributed by atoms with Crippen LogP contribution in [0.15, 0.2) is 48.5 Å². The molecule has 2 N–H and O–H groups in total. The molecule has 0 saturated carbocycles. The van der Waals surface area contributed by atoms with Crippen LogP contribution in [0.2, 0.25) is 0 Å². The van der Waals surface area contributed by atoms with Crippen molar-refractivity contribution in [1.82, 2.24) is 0 Å². The highest BCUT2D eigenvalue weighted by atomic mass is 127. The highest BCUT2D eigenvalue weighted by molar-refractivity contribution is 14.1. The molecule has 0 spiro atoms. The van der Waals surface area contributed by atoms with E-state index < -0.39 is 14.4 Å². The standard InChI is InChI=1S/C19H18I2N2O5/c1-11(24)22-15-7-3-13(4-8-15)17(20)27-19(26)28-18(21)14-5-9-16(10-6-14)23-12(2)25/h3-10,17-18H,1-2H3,(H,22,24)(H,23,25). The number of hydrogen-bond acceptors (Lipinski definition) is 5. The number of anilines is 2. The van der Waals surface area contributed by atoms with Crippen LogP contribution < -0.4 is 10.6 Å². The Morgan fingerprint density at radius 3 is 1.32 bits per heavy atom. The van der Waals surface area contributed by atoms with E-state index in [0.717, 1.165) is 11.1 Å². The molecule has 2 unspecified atom stereocenters. The van der Waals surface area contributed by atoms with Crippen LogP contribution in [0, 0.1) is 0 Å². The summed E-state index contributed by atoms with van der Waals surface area (Å²) in [7, 11) is 0. The van der Waals surface area contributed by atoms with Gasteiger partial charge in [-0.2, -0.15) is 0 Å². The Kier molecular flexibility index (Phi) is 8.48. The van der Waals surface area contributed by atoms with E-state index in [1.165, 1.54) is 13.8 Å². The molecule has 2 amide bonds. The summed E-state index contributed by atoms with van der Waals surface area (Å²) in [5.74, 6) is -0.311. The van der Waals surface area contributed by atoms with Gasteiger partial charge in [0.1, 0.15) is 0 Å². The number of carbonyl (C=O) groups is 3. The molecule has 7 nitrogen and oxygen atoms in total. The Morgan fingerprint density at radius 2 is 1.04 bits per heavy atom. The molecule has 2 atom stereocenters. The van der Waals surface area contributed by atoms with Crippen molar-refractivity contribution in [2.24, 2.45) is 0 Å². The predicted molar refractivity (Wildman–Crippen MR) is 123 cm³/mol. The minimum Gasteiger partial charge on any atom is -0.415 e. The number of alkyl halides is 2. The zero-order valence-corrected chi connectivity index (χ0v) is 19.4. The first kappa shape index (κ1) is 22.4. The molecule has 0 bridgehead atoms. The largest absolute Gasteiger partial charge is 0.511 e. The lowest BCUT2D eigenvalue weighted by Crippen LogP contribution is -2.11. The van der Waals surface area contributed by atoms with E-state index in [1.807, 2.05) is 45.2 Å². The average Bonchev–Trinajstić information content (AvgIpc) is 2.61. The Bertz CT molecular complexity index is 771. The maximum absolute atomic E-state index is 12.1. The SMILES string of the molecule is CC(=O)Nc1ccc(C(I)OC(=O)OC(I)c2ccc(NC(C)=O)cc2)cc1. The van der Waals surface area contributed by atoms with Crippen LogP contribution in [0.5, 0.6) is 0 Å². The first-order valence-corrected chi connectivity index (χ1v) is 10.6. The summed E-state index contributed by atoms with van der Waals surface area (Å²) in [6.07, 6.45) is -0.796. The topological polar surface area (TPSA) is 93.7 Å². The predicted octanol–water partition coefficient (Wildman–Crippen LogP) is 5.32. The molecule has 0 aliphatic rings. The third kappa shape index (κ3) is 7.26. The molecule has 0 fully saturated rings. The van der Waals surface area contributed by atoms with E-state index in [2.05, 4.69) is 10.6 Å². The van der Waals surface area contributed by atoms with E-state index in [4.69, 9.17) is 9.47 Å². The summed E-state index contributed by atoms with van der Waals surface area (Å²) < 4.78 is 9.53. The second-order valence-corrected chi connectivity index (χ2v) is 7.99. The first-order valence-electron chi connectivity index (χ1n) is 8.15. The fourth-order valence-corrected chi connectivity index (χ4v) is 3.42. The Hall–Kier alpha value is -1.89. The van der Waals surface area contributed by atoms with Gasteiger partial charge in [0.25, 0.3) is 0 Å². The third-order valence-corrected chi connectivity index (χ3v) is 5.33. The molecule has 2 aromatic carbocycles. The van der Waals surface area contributed by atoms with Gasteiger partial charge >= 0.3 is 6.16 Å². The van der Waals surface area contributed by atoms with E-state index in [-0.39, 0.29) is 11.8 Å². The van der Waals surface area contributed by atoms with Crippen molar-refractivity contribution in [3.63, 3.8) is 0 Å². The van der Waals surface area contributed by atoms with E-state index in [9.17, 15) is 14.4 Å². The molecule has 0 aromatic heterocycles. The number of nitrogens with one attached hydrogen (secondary N) is 2. The number of benzene rings is 2. The number of halogens is 2. The van der Waals surface area contributed by atoms with Crippen LogP contribution in [-0.4, -0.2) is 18.0 Å². The van der Waals surface area contributed by atoms with Crippen molar-refractivity contribution in [1.29, 1.82) is 0 Å². The second kappa shape index (κ2) is 10.6. The minimum atomic E-state index is -0.796. The Morgan fingerprint density at radius 1 is 0.714 bits per heavy atom. The molecule has 0 aliphatic heterocycles. The summed E-state index contributed by atoms with van der Waals surface area (Å²) in [6, 6.07) is 14.0. The van der Waals surface area contributed by atoms with Gasteiger partial charge < -0.3 is 20.1 Å². The van der Waals surface area contributed by atoms with Crippen LogP contribution in [0.25, 0.3) is 0 Å². The van der Waals surface area contributed by atoms with E-state index >= 15 is 0 Å². The highest BCUT2D eigenvalue weighted by Gasteiger charge is 2.19. The number of amides is 2. The van der Waals surface area contributed by atoms with Crippen LogP contribution >= 0.6 is 45.2 Å². The minimum absolute atomic E-state index is 0.156. The number of rotatable bonds is 6. The molecule has 28 heavy (non-hydrogen) atoms. The zero-order valence-electron chi connectivity index (χ0n) is 15.1. The summed E-state index contributed by atoms with van der Waals surface area (Å²) in [6.45, 7) is 2.87. The normalized spacial score (nSPS) is 12.4. The summed E-state index contributed by atoms with van der Waals surface area (Å²) >= 11 is 3.97. The average molecular weight is 608 g/mol. The molecule has 0 radical (unpaired) electrons. The lowest BCUT2D eigenvalue weighted by atomic mass is 10.2. The van der Waals surface area contributed by atoms with Gasteiger partial charge in [-0.15, -0.1) is 0 Å². The first-order chi connectivity index (χ1) is 13.2. The molecular formula is C19H18I2N2O5. The molecule has 2 aromatic rings. The van der Waals surface area contributed by atoms with Gasteiger partial charge in [-0.25, -0.2) is 4.79 Å². The summed E-state index contributed by atoms with van der Waals surface area (Å²) in [5, 5.41) is 5.34. The Labute approximate surface area is 189 Å². The third-order valence-electron chi connectivity index (χ3n) is 3.39. The number of ether oxygens (including phenoxy) is 2. The second-order valence-electron chi connectivity index (χ2n) is 5.72. The lowest BCUT2D eigenvalue weighted by Gasteiger charge is -2.16.